The molecule has 0 saturated carbocycles. The zero-order valence-electron chi connectivity index (χ0n) is 10.1. The fraction of sp³-hybridized carbons (Fsp3) is 0.538. The minimum atomic E-state index is 0.246. The molecule has 0 saturated heterocycles. The summed E-state index contributed by atoms with van der Waals surface area (Å²) >= 11 is 0. The topological polar surface area (TPSA) is 35.2 Å². The highest BCUT2D eigenvalue weighted by molar-refractivity contribution is 5.43. The average Bonchev–Trinajstić information content (AvgIpc) is 2.14. The molecular weight excluding hydrogens is 186 g/mol. The Morgan fingerprint density at radius 3 is 2.53 bits per heavy atom. The maximum absolute atomic E-state index is 5.77. The maximum Gasteiger partial charge on any atom is 0.122 e. The van der Waals surface area contributed by atoms with Gasteiger partial charge in [-0.15, -0.1) is 0 Å². The van der Waals surface area contributed by atoms with Gasteiger partial charge in [-0.2, -0.15) is 0 Å². The van der Waals surface area contributed by atoms with Crippen LogP contribution in [0.1, 0.15) is 30.0 Å². The Labute approximate surface area is 92.4 Å². The molecule has 2 heteroatoms. The molecule has 1 aromatic carbocycles. The van der Waals surface area contributed by atoms with Crippen molar-refractivity contribution in [1.82, 2.24) is 0 Å². The van der Waals surface area contributed by atoms with E-state index in [9.17, 15) is 0 Å². The molecule has 0 spiro atoms. The number of rotatable bonds is 4. The van der Waals surface area contributed by atoms with Crippen LogP contribution in [0.5, 0.6) is 5.75 Å². The predicted molar refractivity (Wildman–Crippen MR) is 64.4 cm³/mol. The summed E-state index contributed by atoms with van der Waals surface area (Å²) in [6.45, 7) is 6.26. The molecule has 1 rings (SSSR count). The van der Waals surface area contributed by atoms with Crippen molar-refractivity contribution < 1.29 is 4.74 Å². The normalized spacial score (nSPS) is 12.6. The van der Waals surface area contributed by atoms with Gasteiger partial charge in [-0.25, -0.2) is 0 Å². The first-order valence-corrected chi connectivity index (χ1v) is 5.44. The summed E-state index contributed by atoms with van der Waals surface area (Å²) in [4.78, 5) is 0. The number of nitrogens with two attached hydrogens (primary N) is 1. The van der Waals surface area contributed by atoms with Gasteiger partial charge in [0.25, 0.3) is 0 Å². The van der Waals surface area contributed by atoms with Gasteiger partial charge >= 0.3 is 0 Å². The van der Waals surface area contributed by atoms with Crippen molar-refractivity contribution in [3.63, 3.8) is 0 Å². The second kappa shape index (κ2) is 5.17. The molecule has 0 aromatic heterocycles. The molecule has 1 atom stereocenters. The molecule has 84 valence electrons. The Hall–Kier alpha value is -1.02. The van der Waals surface area contributed by atoms with Crippen LogP contribution < -0.4 is 10.5 Å². The number of ether oxygens (including phenoxy) is 1. The van der Waals surface area contributed by atoms with Gasteiger partial charge in [0.05, 0.1) is 7.11 Å². The number of aryl methyl sites for hydroxylation is 2. The third kappa shape index (κ3) is 3.24. The molecule has 0 radical (unpaired) electrons. The zero-order chi connectivity index (χ0) is 11.4. The second-order valence-electron chi connectivity index (χ2n) is 4.28. The van der Waals surface area contributed by atoms with E-state index in [0.717, 1.165) is 18.6 Å². The third-order valence-corrected chi connectivity index (χ3v) is 2.65. The lowest BCUT2D eigenvalue weighted by Crippen LogP contribution is -2.15. The monoisotopic (exact) mass is 207 g/mol. The standard InChI is InChI=1S/C13H21NO/c1-9-7-10(2)12(6-5-11(3)14)13(8-9)15-4/h7-8,11H,5-6,14H2,1-4H3. The third-order valence-electron chi connectivity index (χ3n) is 2.65. The summed E-state index contributed by atoms with van der Waals surface area (Å²) in [7, 11) is 1.73. The lowest BCUT2D eigenvalue weighted by atomic mass is 9.98. The maximum atomic E-state index is 5.77. The van der Waals surface area contributed by atoms with Crippen LogP contribution in [-0.4, -0.2) is 13.2 Å². The summed E-state index contributed by atoms with van der Waals surface area (Å²) < 4.78 is 5.40. The molecule has 0 amide bonds. The van der Waals surface area contributed by atoms with Crippen LogP contribution in [0.15, 0.2) is 12.1 Å². The van der Waals surface area contributed by atoms with E-state index in [1.165, 1.54) is 16.7 Å². The Bertz CT molecular complexity index is 332. The lowest BCUT2D eigenvalue weighted by Gasteiger charge is -2.14. The van der Waals surface area contributed by atoms with Crippen LogP contribution in [0, 0.1) is 13.8 Å². The predicted octanol–water partition coefficient (Wildman–Crippen LogP) is 2.59. The molecule has 0 bridgehead atoms. The first-order chi connectivity index (χ1) is 7.04. The van der Waals surface area contributed by atoms with Gasteiger partial charge in [0.15, 0.2) is 0 Å². The molecule has 1 unspecified atom stereocenters. The van der Waals surface area contributed by atoms with Crippen LogP contribution in [0.25, 0.3) is 0 Å². The quantitative estimate of drug-likeness (QED) is 0.823. The van der Waals surface area contributed by atoms with Gasteiger partial charge in [0.1, 0.15) is 5.75 Å². The number of benzene rings is 1. The Balaban J connectivity index is 2.93. The van der Waals surface area contributed by atoms with E-state index in [0.29, 0.717) is 0 Å². The number of hydrogen-bond donors (Lipinski definition) is 1. The minimum absolute atomic E-state index is 0.246. The molecule has 1 aromatic rings. The summed E-state index contributed by atoms with van der Waals surface area (Å²) in [6.07, 6.45) is 1.99. The van der Waals surface area contributed by atoms with Crippen LogP contribution in [0.3, 0.4) is 0 Å². The largest absolute Gasteiger partial charge is 0.496 e. The van der Waals surface area contributed by atoms with Crippen LogP contribution in [0.4, 0.5) is 0 Å². The van der Waals surface area contributed by atoms with E-state index in [1.807, 2.05) is 6.92 Å². The van der Waals surface area contributed by atoms with E-state index in [-0.39, 0.29) is 6.04 Å². The Kier molecular flexibility index (Phi) is 4.15. The van der Waals surface area contributed by atoms with Crippen molar-refractivity contribution >= 4 is 0 Å². The Morgan fingerprint density at radius 2 is 2.00 bits per heavy atom. The fourth-order valence-corrected chi connectivity index (χ4v) is 1.83. The Morgan fingerprint density at radius 1 is 1.33 bits per heavy atom. The van der Waals surface area contributed by atoms with Crippen molar-refractivity contribution in [3.8, 4) is 5.75 Å². The van der Waals surface area contributed by atoms with E-state index in [1.54, 1.807) is 7.11 Å². The smallest absolute Gasteiger partial charge is 0.122 e. The van der Waals surface area contributed by atoms with Crippen LogP contribution in [-0.2, 0) is 6.42 Å². The number of hydrogen-bond acceptors (Lipinski definition) is 2. The highest BCUT2D eigenvalue weighted by Gasteiger charge is 2.08. The first-order valence-electron chi connectivity index (χ1n) is 5.44. The van der Waals surface area contributed by atoms with Gasteiger partial charge in [0, 0.05) is 6.04 Å². The van der Waals surface area contributed by atoms with Crippen molar-refractivity contribution in [2.75, 3.05) is 7.11 Å². The van der Waals surface area contributed by atoms with Crippen molar-refractivity contribution in [3.05, 3.63) is 28.8 Å². The van der Waals surface area contributed by atoms with E-state index >= 15 is 0 Å². The van der Waals surface area contributed by atoms with Crippen LogP contribution >= 0.6 is 0 Å². The number of methoxy groups -OCH3 is 1. The molecular formula is C13H21NO. The summed E-state index contributed by atoms with van der Waals surface area (Å²) in [5.41, 5.74) is 9.61. The molecule has 0 aliphatic carbocycles. The lowest BCUT2D eigenvalue weighted by molar-refractivity contribution is 0.407. The van der Waals surface area contributed by atoms with E-state index in [2.05, 4.69) is 26.0 Å². The van der Waals surface area contributed by atoms with Gasteiger partial charge in [-0.05, 0) is 56.4 Å². The van der Waals surface area contributed by atoms with Crippen LogP contribution in [0.2, 0.25) is 0 Å². The molecule has 2 N–H and O–H groups in total. The summed E-state index contributed by atoms with van der Waals surface area (Å²) in [5, 5.41) is 0. The van der Waals surface area contributed by atoms with Gasteiger partial charge in [-0.1, -0.05) is 6.07 Å². The minimum Gasteiger partial charge on any atom is -0.496 e. The van der Waals surface area contributed by atoms with Crippen molar-refractivity contribution in [2.24, 2.45) is 5.73 Å². The van der Waals surface area contributed by atoms with Crippen molar-refractivity contribution in [1.29, 1.82) is 0 Å². The van der Waals surface area contributed by atoms with Gasteiger partial charge < -0.3 is 10.5 Å². The summed E-state index contributed by atoms with van der Waals surface area (Å²) in [6, 6.07) is 4.53. The van der Waals surface area contributed by atoms with Crippen molar-refractivity contribution in [2.45, 2.75) is 39.7 Å². The van der Waals surface area contributed by atoms with E-state index < -0.39 is 0 Å². The highest BCUT2D eigenvalue weighted by Crippen LogP contribution is 2.25. The molecule has 0 heterocycles. The van der Waals surface area contributed by atoms with Gasteiger partial charge in [0.2, 0.25) is 0 Å². The molecule has 0 fully saturated rings. The first kappa shape index (κ1) is 12.1. The molecule has 0 aliphatic rings. The van der Waals surface area contributed by atoms with E-state index in [4.69, 9.17) is 10.5 Å². The van der Waals surface area contributed by atoms with Gasteiger partial charge in [-0.3, -0.25) is 0 Å². The average molecular weight is 207 g/mol. The fourth-order valence-electron chi connectivity index (χ4n) is 1.83. The highest BCUT2D eigenvalue weighted by atomic mass is 16.5. The SMILES string of the molecule is COc1cc(C)cc(C)c1CCC(C)N. The zero-order valence-corrected chi connectivity index (χ0v) is 10.1. The summed E-state index contributed by atoms with van der Waals surface area (Å²) in [5.74, 6) is 0.994. The molecule has 0 aliphatic heterocycles. The molecule has 15 heavy (non-hydrogen) atoms. The molecule has 2 nitrogen and oxygen atoms in total. The second-order valence-corrected chi connectivity index (χ2v) is 4.28.